The number of aromatic nitrogens is 2. The molecule has 124 valence electrons. The molecule has 1 unspecified atom stereocenters. The van der Waals surface area contributed by atoms with E-state index in [-0.39, 0.29) is 12.0 Å². The van der Waals surface area contributed by atoms with Gasteiger partial charge in [-0.1, -0.05) is 0 Å². The molecule has 7 heteroatoms. The molecule has 7 nitrogen and oxygen atoms in total. The molecule has 1 fully saturated rings. The lowest BCUT2D eigenvalue weighted by atomic mass is 10.1. The first-order valence-corrected chi connectivity index (χ1v) is 7.57. The molecular weight excluding hydrogens is 310 g/mol. The van der Waals surface area contributed by atoms with E-state index in [4.69, 9.17) is 4.74 Å². The van der Waals surface area contributed by atoms with Crippen molar-refractivity contribution in [2.75, 3.05) is 20.2 Å². The van der Waals surface area contributed by atoms with E-state index in [2.05, 4.69) is 14.7 Å². The highest BCUT2D eigenvalue weighted by atomic mass is 16.5. The Bertz CT molecular complexity index is 718. The highest BCUT2D eigenvalue weighted by molar-refractivity contribution is 5.96. The highest BCUT2D eigenvalue weighted by Crippen LogP contribution is 2.18. The predicted molar refractivity (Wildman–Crippen MR) is 84.8 cm³/mol. The molecule has 1 amide bonds. The first-order valence-electron chi connectivity index (χ1n) is 7.57. The van der Waals surface area contributed by atoms with Crippen LogP contribution in [0.1, 0.15) is 27.1 Å². The maximum Gasteiger partial charge on any atom is 0.337 e. The van der Waals surface area contributed by atoms with E-state index in [1.807, 2.05) is 0 Å². The van der Waals surface area contributed by atoms with Crippen molar-refractivity contribution in [2.24, 2.45) is 0 Å². The summed E-state index contributed by atoms with van der Waals surface area (Å²) in [5.74, 6) is -0.0523. The quantitative estimate of drug-likeness (QED) is 0.793. The van der Waals surface area contributed by atoms with Crippen LogP contribution in [0.2, 0.25) is 0 Å². The van der Waals surface area contributed by atoms with Crippen LogP contribution in [0.15, 0.2) is 42.9 Å². The topological polar surface area (TPSA) is 81.6 Å². The molecule has 1 atom stereocenters. The van der Waals surface area contributed by atoms with Crippen LogP contribution in [0, 0.1) is 0 Å². The fraction of sp³-hybridized carbons (Fsp3) is 0.294. The molecular formula is C17H17N3O4. The fourth-order valence-corrected chi connectivity index (χ4v) is 2.58. The highest BCUT2D eigenvalue weighted by Gasteiger charge is 2.28. The summed E-state index contributed by atoms with van der Waals surface area (Å²) in [6.45, 7) is 1.11. The number of rotatable bonds is 4. The number of hydrogen-bond acceptors (Lipinski definition) is 6. The molecule has 1 aliphatic heterocycles. The van der Waals surface area contributed by atoms with Crippen LogP contribution in [0.25, 0.3) is 0 Å². The Morgan fingerprint density at radius 3 is 2.58 bits per heavy atom. The summed E-state index contributed by atoms with van der Waals surface area (Å²) < 4.78 is 10.4. The molecule has 2 heterocycles. The zero-order chi connectivity index (χ0) is 16.9. The Morgan fingerprint density at radius 1 is 1.17 bits per heavy atom. The minimum Gasteiger partial charge on any atom is -0.471 e. The molecule has 3 rings (SSSR count). The van der Waals surface area contributed by atoms with Gasteiger partial charge in [0.15, 0.2) is 0 Å². The van der Waals surface area contributed by atoms with Crippen LogP contribution in [-0.2, 0) is 4.74 Å². The van der Waals surface area contributed by atoms with Gasteiger partial charge in [-0.05, 0) is 24.3 Å². The molecule has 1 aromatic carbocycles. The van der Waals surface area contributed by atoms with Crippen molar-refractivity contribution < 1.29 is 19.1 Å². The molecule has 2 aromatic rings. The van der Waals surface area contributed by atoms with Crippen molar-refractivity contribution in [3.8, 4) is 5.88 Å². The number of hydrogen-bond donors (Lipinski definition) is 0. The molecule has 1 saturated heterocycles. The monoisotopic (exact) mass is 327 g/mol. The summed E-state index contributed by atoms with van der Waals surface area (Å²) in [4.78, 5) is 33.7. The van der Waals surface area contributed by atoms with Crippen LogP contribution in [0.4, 0.5) is 0 Å². The summed E-state index contributed by atoms with van der Waals surface area (Å²) in [6, 6.07) is 6.43. The van der Waals surface area contributed by atoms with E-state index in [1.165, 1.54) is 7.11 Å². The molecule has 0 aliphatic carbocycles. The van der Waals surface area contributed by atoms with Gasteiger partial charge in [-0.15, -0.1) is 0 Å². The zero-order valence-corrected chi connectivity index (χ0v) is 13.2. The number of likely N-dealkylation sites (tertiary alicyclic amines) is 1. The number of benzene rings is 1. The zero-order valence-electron chi connectivity index (χ0n) is 13.2. The third-order valence-electron chi connectivity index (χ3n) is 3.81. The molecule has 0 spiro atoms. The molecule has 1 aliphatic rings. The van der Waals surface area contributed by atoms with E-state index in [9.17, 15) is 9.59 Å². The maximum atomic E-state index is 12.5. The van der Waals surface area contributed by atoms with Gasteiger partial charge >= 0.3 is 5.97 Å². The van der Waals surface area contributed by atoms with Crippen LogP contribution in [-0.4, -0.2) is 53.0 Å². The molecule has 24 heavy (non-hydrogen) atoms. The fourth-order valence-electron chi connectivity index (χ4n) is 2.58. The predicted octanol–water partition coefficient (Wildman–Crippen LogP) is 1.56. The largest absolute Gasteiger partial charge is 0.471 e. The first kappa shape index (κ1) is 15.9. The Balaban J connectivity index is 1.61. The van der Waals surface area contributed by atoms with E-state index < -0.39 is 5.97 Å². The van der Waals surface area contributed by atoms with Gasteiger partial charge in [0.1, 0.15) is 6.10 Å². The maximum absolute atomic E-state index is 12.5. The van der Waals surface area contributed by atoms with E-state index in [0.29, 0.717) is 30.1 Å². The normalized spacial score (nSPS) is 16.7. The SMILES string of the molecule is COC(=O)c1ccc(C(=O)N2CCC(Oc3cnccn3)C2)cc1. The number of carbonyl (C=O) groups excluding carboxylic acids is 2. The van der Waals surface area contributed by atoms with E-state index >= 15 is 0 Å². The minimum absolute atomic E-state index is 0.0864. The van der Waals surface area contributed by atoms with Gasteiger partial charge in [0.25, 0.3) is 5.91 Å². The van der Waals surface area contributed by atoms with E-state index in [1.54, 1.807) is 47.8 Å². The van der Waals surface area contributed by atoms with Crippen LogP contribution >= 0.6 is 0 Å². The molecule has 0 radical (unpaired) electrons. The van der Waals surface area contributed by atoms with Crippen LogP contribution < -0.4 is 4.74 Å². The summed E-state index contributed by atoms with van der Waals surface area (Å²) in [5.41, 5.74) is 0.946. The standard InChI is InChI=1S/C17H17N3O4/c1-23-17(22)13-4-2-12(3-5-13)16(21)20-9-6-14(11-20)24-15-10-18-7-8-19-15/h2-5,7-8,10,14H,6,9,11H2,1H3. The molecule has 0 bridgehead atoms. The Hall–Kier alpha value is -2.96. The lowest BCUT2D eigenvalue weighted by Gasteiger charge is -2.17. The number of esters is 1. The van der Waals surface area contributed by atoms with Crippen molar-refractivity contribution in [1.82, 2.24) is 14.9 Å². The number of carbonyl (C=O) groups is 2. The van der Waals surface area contributed by atoms with Crippen molar-refractivity contribution in [3.63, 3.8) is 0 Å². The summed E-state index contributed by atoms with van der Waals surface area (Å²) in [5, 5.41) is 0. The minimum atomic E-state index is -0.424. The summed E-state index contributed by atoms with van der Waals surface area (Å²) >= 11 is 0. The average molecular weight is 327 g/mol. The number of methoxy groups -OCH3 is 1. The summed E-state index contributed by atoms with van der Waals surface area (Å²) in [7, 11) is 1.32. The second-order valence-corrected chi connectivity index (χ2v) is 5.39. The van der Waals surface area contributed by atoms with Gasteiger partial charge < -0.3 is 14.4 Å². The average Bonchev–Trinajstić information content (AvgIpc) is 3.10. The number of amides is 1. The molecule has 0 N–H and O–H groups in total. The third-order valence-corrected chi connectivity index (χ3v) is 3.81. The van der Waals surface area contributed by atoms with Gasteiger partial charge in [-0.2, -0.15) is 0 Å². The van der Waals surface area contributed by atoms with Crippen LogP contribution in [0.3, 0.4) is 0 Å². The Morgan fingerprint density at radius 2 is 1.92 bits per heavy atom. The van der Waals surface area contributed by atoms with E-state index in [0.717, 1.165) is 6.42 Å². The second-order valence-electron chi connectivity index (χ2n) is 5.39. The van der Waals surface area contributed by atoms with Crippen LogP contribution in [0.5, 0.6) is 5.88 Å². The first-order chi connectivity index (χ1) is 11.7. The van der Waals surface area contributed by atoms with Crippen molar-refractivity contribution in [2.45, 2.75) is 12.5 Å². The Labute approximate surface area is 139 Å². The second kappa shape index (κ2) is 7.08. The smallest absolute Gasteiger partial charge is 0.337 e. The van der Waals surface area contributed by atoms with Crippen molar-refractivity contribution in [1.29, 1.82) is 0 Å². The van der Waals surface area contributed by atoms with Gasteiger partial charge in [0.05, 0.1) is 25.4 Å². The lowest BCUT2D eigenvalue weighted by Crippen LogP contribution is -2.31. The van der Waals surface area contributed by atoms with Gasteiger partial charge in [-0.3, -0.25) is 9.78 Å². The number of ether oxygens (including phenoxy) is 2. The Kier molecular flexibility index (Phi) is 4.69. The van der Waals surface area contributed by atoms with Crippen molar-refractivity contribution >= 4 is 11.9 Å². The number of nitrogens with zero attached hydrogens (tertiary/aromatic N) is 3. The lowest BCUT2D eigenvalue weighted by molar-refractivity contribution is 0.0600. The van der Waals surface area contributed by atoms with Gasteiger partial charge in [0, 0.05) is 30.9 Å². The molecule has 0 saturated carbocycles. The van der Waals surface area contributed by atoms with Crippen molar-refractivity contribution in [3.05, 3.63) is 54.0 Å². The third kappa shape index (κ3) is 3.51. The van der Waals surface area contributed by atoms with Gasteiger partial charge in [-0.25, -0.2) is 9.78 Å². The van der Waals surface area contributed by atoms with Gasteiger partial charge in [0.2, 0.25) is 5.88 Å². The molecule has 1 aromatic heterocycles. The summed E-state index contributed by atoms with van der Waals surface area (Å²) in [6.07, 6.45) is 5.34.